The average Bonchev–Trinajstić information content (AvgIpc) is 2.87. The molecule has 5 heteroatoms. The summed E-state index contributed by atoms with van der Waals surface area (Å²) in [5, 5.41) is 14.8. The smallest absolute Gasteiger partial charge is 0.191 e. The van der Waals surface area contributed by atoms with E-state index >= 15 is 0 Å². The van der Waals surface area contributed by atoms with Crippen molar-refractivity contribution in [3.8, 4) is 0 Å². The van der Waals surface area contributed by atoms with E-state index in [4.69, 9.17) is 0 Å². The van der Waals surface area contributed by atoms with Gasteiger partial charge in [0, 0.05) is 25.0 Å². The van der Waals surface area contributed by atoms with Crippen LogP contribution in [0.25, 0.3) is 10.9 Å². The summed E-state index contributed by atoms with van der Waals surface area (Å²) in [5.41, 5.74) is 2.40. The highest BCUT2D eigenvalue weighted by molar-refractivity contribution is 5.80. The maximum absolute atomic E-state index is 4.38. The molecule has 1 aliphatic rings. The van der Waals surface area contributed by atoms with Crippen LogP contribution < -0.4 is 10.6 Å². The van der Waals surface area contributed by atoms with Crippen LogP contribution in [0.15, 0.2) is 29.4 Å². The fourth-order valence-electron chi connectivity index (χ4n) is 2.12. The second-order valence-electron chi connectivity index (χ2n) is 4.48. The highest BCUT2D eigenvalue weighted by Gasteiger charge is 2.03. The number of nitrogens with one attached hydrogen (secondary N) is 3. The van der Waals surface area contributed by atoms with Crippen LogP contribution in [0.2, 0.25) is 0 Å². The molecule has 0 atom stereocenters. The molecule has 0 saturated heterocycles. The van der Waals surface area contributed by atoms with Gasteiger partial charge in [0.15, 0.2) is 5.96 Å². The Hall–Kier alpha value is -2.04. The van der Waals surface area contributed by atoms with E-state index in [0.717, 1.165) is 49.3 Å². The summed E-state index contributed by atoms with van der Waals surface area (Å²) >= 11 is 0. The first-order valence-corrected chi connectivity index (χ1v) is 6.36. The first kappa shape index (κ1) is 11.1. The van der Waals surface area contributed by atoms with Gasteiger partial charge in [0.2, 0.25) is 0 Å². The lowest BCUT2D eigenvalue weighted by Crippen LogP contribution is -2.41. The summed E-state index contributed by atoms with van der Waals surface area (Å²) in [5.74, 6) is 0.934. The number of hydrogen-bond donors (Lipinski definition) is 3. The first-order chi connectivity index (χ1) is 8.92. The number of H-pyrrole nitrogens is 1. The number of benzene rings is 1. The second kappa shape index (κ2) is 5.08. The van der Waals surface area contributed by atoms with Gasteiger partial charge in [0.05, 0.1) is 11.7 Å². The van der Waals surface area contributed by atoms with Gasteiger partial charge in [-0.3, -0.25) is 10.1 Å². The van der Waals surface area contributed by atoms with Crippen molar-refractivity contribution >= 4 is 16.9 Å². The van der Waals surface area contributed by atoms with Gasteiger partial charge in [-0.1, -0.05) is 12.1 Å². The summed E-state index contributed by atoms with van der Waals surface area (Å²) in [6, 6.07) is 6.40. The summed E-state index contributed by atoms with van der Waals surface area (Å²) in [6.45, 7) is 2.84. The molecule has 1 aliphatic heterocycles. The fourth-order valence-corrected chi connectivity index (χ4v) is 2.12. The van der Waals surface area contributed by atoms with E-state index in [-0.39, 0.29) is 0 Å². The molecule has 0 radical (unpaired) electrons. The number of hydrogen-bond acceptors (Lipinski definition) is 4. The van der Waals surface area contributed by atoms with Gasteiger partial charge >= 0.3 is 0 Å². The molecule has 0 bridgehead atoms. The highest BCUT2D eigenvalue weighted by Crippen LogP contribution is 2.12. The maximum atomic E-state index is 4.38. The predicted octanol–water partition coefficient (Wildman–Crippen LogP) is 1.04. The molecule has 1 aromatic carbocycles. The largest absolute Gasteiger partial charge is 0.356 e. The minimum absolute atomic E-state index is 0.894. The van der Waals surface area contributed by atoms with Gasteiger partial charge < -0.3 is 10.6 Å². The predicted molar refractivity (Wildman–Crippen MR) is 72.7 cm³/mol. The second-order valence-corrected chi connectivity index (χ2v) is 4.48. The Balaban J connectivity index is 1.57. The van der Waals surface area contributed by atoms with Crippen molar-refractivity contribution in [1.29, 1.82) is 0 Å². The zero-order valence-corrected chi connectivity index (χ0v) is 10.2. The lowest BCUT2D eigenvalue weighted by molar-refractivity contribution is 0.700. The van der Waals surface area contributed by atoms with Gasteiger partial charge in [0.1, 0.15) is 0 Å². The number of aromatic amines is 1. The van der Waals surface area contributed by atoms with Crippen molar-refractivity contribution in [1.82, 2.24) is 20.8 Å². The van der Waals surface area contributed by atoms with E-state index in [1.165, 1.54) is 5.56 Å². The Morgan fingerprint density at radius 2 is 2.33 bits per heavy atom. The lowest BCUT2D eigenvalue weighted by atomic mass is 10.1. The van der Waals surface area contributed by atoms with E-state index < -0.39 is 0 Å². The number of aliphatic imine (C=N–C) groups is 1. The van der Waals surface area contributed by atoms with Crippen LogP contribution in [-0.2, 0) is 6.42 Å². The standard InChI is InChI=1S/C13H17N5/c1-5-14-13(15-6-1)16-7-4-10-2-3-11-9-17-18-12(11)8-10/h2-3,8-9H,1,4-7H2,(H,17,18)(H2,14,15,16). The SMILES string of the molecule is c1cc2cn[nH]c2cc1CCNC1=NCCCN1. The summed E-state index contributed by atoms with van der Waals surface area (Å²) in [6.07, 6.45) is 3.95. The maximum Gasteiger partial charge on any atom is 0.191 e. The van der Waals surface area contributed by atoms with Crippen LogP contribution in [0.4, 0.5) is 0 Å². The van der Waals surface area contributed by atoms with Crippen molar-refractivity contribution in [3.63, 3.8) is 0 Å². The molecule has 3 N–H and O–H groups in total. The number of nitrogens with zero attached hydrogens (tertiary/aromatic N) is 2. The van der Waals surface area contributed by atoms with Gasteiger partial charge in [-0.2, -0.15) is 5.10 Å². The molecule has 0 amide bonds. The van der Waals surface area contributed by atoms with Crippen molar-refractivity contribution in [2.24, 2.45) is 4.99 Å². The molecule has 0 saturated carbocycles. The van der Waals surface area contributed by atoms with E-state index in [1.54, 1.807) is 0 Å². The summed E-state index contributed by atoms with van der Waals surface area (Å²) < 4.78 is 0. The van der Waals surface area contributed by atoms with Gasteiger partial charge in [-0.25, -0.2) is 0 Å². The molecular weight excluding hydrogens is 226 g/mol. The Labute approximate surface area is 106 Å². The van der Waals surface area contributed by atoms with E-state index in [9.17, 15) is 0 Å². The molecule has 0 unspecified atom stereocenters. The van der Waals surface area contributed by atoms with E-state index in [1.807, 2.05) is 6.20 Å². The highest BCUT2D eigenvalue weighted by atomic mass is 15.2. The number of aromatic nitrogens is 2. The van der Waals surface area contributed by atoms with E-state index in [0.29, 0.717) is 0 Å². The molecule has 2 heterocycles. The van der Waals surface area contributed by atoms with Gasteiger partial charge in [-0.15, -0.1) is 0 Å². The molecule has 0 aliphatic carbocycles. The van der Waals surface area contributed by atoms with Crippen molar-refractivity contribution < 1.29 is 0 Å². The molecule has 94 valence electrons. The van der Waals surface area contributed by atoms with Crippen molar-refractivity contribution in [3.05, 3.63) is 30.0 Å². The van der Waals surface area contributed by atoms with Gasteiger partial charge in [0.25, 0.3) is 0 Å². The van der Waals surface area contributed by atoms with E-state index in [2.05, 4.69) is 44.0 Å². The summed E-state index contributed by atoms with van der Waals surface area (Å²) in [4.78, 5) is 4.38. The van der Waals surface area contributed by atoms with Gasteiger partial charge in [-0.05, 0) is 24.5 Å². The van der Waals surface area contributed by atoms with Crippen LogP contribution in [-0.4, -0.2) is 35.8 Å². The zero-order valence-electron chi connectivity index (χ0n) is 10.2. The van der Waals surface area contributed by atoms with Crippen molar-refractivity contribution in [2.75, 3.05) is 19.6 Å². The molecule has 1 aromatic heterocycles. The number of guanidine groups is 1. The molecule has 3 rings (SSSR count). The Morgan fingerprint density at radius 3 is 3.22 bits per heavy atom. The third kappa shape index (κ3) is 2.45. The molecule has 2 aromatic rings. The molecule has 18 heavy (non-hydrogen) atoms. The number of fused-ring (bicyclic) bond motifs is 1. The van der Waals surface area contributed by atoms with Crippen LogP contribution in [0, 0.1) is 0 Å². The third-order valence-corrected chi connectivity index (χ3v) is 3.11. The Morgan fingerprint density at radius 1 is 1.33 bits per heavy atom. The fraction of sp³-hybridized carbons (Fsp3) is 0.385. The molecule has 0 spiro atoms. The Kier molecular flexibility index (Phi) is 3.12. The zero-order chi connectivity index (χ0) is 12.2. The normalized spacial score (nSPS) is 15.2. The van der Waals surface area contributed by atoms with Crippen LogP contribution in [0.1, 0.15) is 12.0 Å². The Bertz CT molecular complexity index is 557. The van der Waals surface area contributed by atoms with Crippen LogP contribution in [0.5, 0.6) is 0 Å². The topological polar surface area (TPSA) is 65.1 Å². The quantitative estimate of drug-likeness (QED) is 0.755. The summed E-state index contributed by atoms with van der Waals surface area (Å²) in [7, 11) is 0. The first-order valence-electron chi connectivity index (χ1n) is 6.36. The lowest BCUT2D eigenvalue weighted by Gasteiger charge is -2.15. The average molecular weight is 243 g/mol. The molecular formula is C13H17N5. The molecule has 0 fully saturated rings. The van der Waals surface area contributed by atoms with Crippen LogP contribution >= 0.6 is 0 Å². The number of rotatable bonds is 3. The van der Waals surface area contributed by atoms with Crippen molar-refractivity contribution in [2.45, 2.75) is 12.8 Å². The minimum atomic E-state index is 0.894. The minimum Gasteiger partial charge on any atom is -0.356 e. The monoisotopic (exact) mass is 243 g/mol. The third-order valence-electron chi connectivity index (χ3n) is 3.11. The molecule has 5 nitrogen and oxygen atoms in total. The van der Waals surface area contributed by atoms with Crippen LogP contribution in [0.3, 0.4) is 0 Å².